The highest BCUT2D eigenvalue weighted by Gasteiger charge is 1.96. The van der Waals surface area contributed by atoms with Crippen molar-refractivity contribution in [2.45, 2.75) is 34.1 Å². The molecular weight excluding hydrogens is 170 g/mol. The summed E-state index contributed by atoms with van der Waals surface area (Å²) in [5.74, 6) is 0. The zero-order valence-corrected chi connectivity index (χ0v) is 9.07. The first-order chi connectivity index (χ1) is 5.83. The van der Waals surface area contributed by atoms with Gasteiger partial charge in [-0.2, -0.15) is 0 Å². The van der Waals surface area contributed by atoms with Crippen LogP contribution in [-0.2, 0) is 0 Å². The van der Waals surface area contributed by atoms with E-state index in [1.54, 1.807) is 11.3 Å². The molecule has 0 saturated carbocycles. The Morgan fingerprint density at radius 3 is 2.58 bits per heavy atom. The molecule has 3 heteroatoms. The fraction of sp³-hybridized carbons (Fsp3) is 0.667. The quantitative estimate of drug-likeness (QED) is 0.724. The van der Waals surface area contributed by atoms with Crippen molar-refractivity contribution in [2.24, 2.45) is 0 Å². The number of rotatable bonds is 3. The summed E-state index contributed by atoms with van der Waals surface area (Å²) in [5.41, 5.74) is 1.04. The minimum Gasteiger partial charge on any atom is -0.470 e. The van der Waals surface area contributed by atoms with Crippen LogP contribution < -0.4 is 4.74 Å². The van der Waals surface area contributed by atoms with Crippen molar-refractivity contribution in [3.63, 3.8) is 0 Å². The molecule has 0 amide bonds. The van der Waals surface area contributed by atoms with Crippen LogP contribution in [0.1, 0.15) is 32.9 Å². The number of hydrogen-bond donors (Lipinski definition) is 0. The Labute approximate surface area is 78.6 Å². The van der Waals surface area contributed by atoms with Crippen molar-refractivity contribution in [2.75, 3.05) is 6.61 Å². The van der Waals surface area contributed by atoms with Gasteiger partial charge in [-0.05, 0) is 13.3 Å². The molecule has 0 spiro atoms. The second-order valence-electron chi connectivity index (χ2n) is 2.10. The number of ether oxygens (including phenoxy) is 1. The summed E-state index contributed by atoms with van der Waals surface area (Å²) in [7, 11) is 0. The van der Waals surface area contributed by atoms with Gasteiger partial charge in [-0.15, -0.1) is 0 Å². The number of nitrogens with zero attached hydrogens (tertiary/aromatic N) is 1. The number of hydrogen-bond acceptors (Lipinski definition) is 3. The molecule has 1 heterocycles. The highest BCUT2D eigenvalue weighted by Crippen LogP contribution is 2.16. The van der Waals surface area contributed by atoms with E-state index in [2.05, 4.69) is 11.9 Å². The fourth-order valence-electron chi connectivity index (χ4n) is 0.588. The third-order valence-electron chi connectivity index (χ3n) is 1.03. The van der Waals surface area contributed by atoms with Gasteiger partial charge < -0.3 is 4.74 Å². The van der Waals surface area contributed by atoms with Gasteiger partial charge in [0.1, 0.15) is 0 Å². The van der Waals surface area contributed by atoms with Crippen LogP contribution in [0.5, 0.6) is 5.19 Å². The molecule has 1 aromatic heterocycles. The van der Waals surface area contributed by atoms with Crippen molar-refractivity contribution < 1.29 is 4.74 Å². The van der Waals surface area contributed by atoms with Gasteiger partial charge in [0.15, 0.2) is 0 Å². The molecule has 0 fully saturated rings. The molecule has 2 nitrogen and oxygen atoms in total. The average molecular weight is 187 g/mol. The number of aryl methyl sites for hydroxylation is 1. The van der Waals surface area contributed by atoms with Crippen LogP contribution >= 0.6 is 11.3 Å². The molecule has 0 aliphatic heterocycles. The van der Waals surface area contributed by atoms with E-state index in [4.69, 9.17) is 4.74 Å². The average Bonchev–Trinajstić information content (AvgIpc) is 2.51. The first-order valence-corrected chi connectivity index (χ1v) is 5.26. The molecule has 0 N–H and O–H groups in total. The summed E-state index contributed by atoms with van der Waals surface area (Å²) < 4.78 is 5.28. The summed E-state index contributed by atoms with van der Waals surface area (Å²) in [6.45, 7) is 8.82. The molecule has 0 saturated heterocycles. The SMILES string of the molecule is CC.CCCOc1nc(C)cs1. The minimum absolute atomic E-state index is 0.771. The van der Waals surface area contributed by atoms with Gasteiger partial charge in [0.2, 0.25) is 0 Å². The first kappa shape index (κ1) is 11.4. The molecular formula is C9H17NOS. The molecule has 0 aliphatic rings. The molecule has 0 unspecified atom stereocenters. The van der Waals surface area contributed by atoms with Gasteiger partial charge in [-0.25, -0.2) is 4.98 Å². The van der Waals surface area contributed by atoms with Crippen molar-refractivity contribution in [3.05, 3.63) is 11.1 Å². The van der Waals surface area contributed by atoms with Gasteiger partial charge in [-0.1, -0.05) is 32.1 Å². The molecule has 70 valence electrons. The van der Waals surface area contributed by atoms with Crippen LogP contribution in [0.2, 0.25) is 0 Å². The first-order valence-electron chi connectivity index (χ1n) is 4.38. The topological polar surface area (TPSA) is 22.1 Å². The van der Waals surface area contributed by atoms with E-state index >= 15 is 0 Å². The molecule has 0 aromatic carbocycles. The molecule has 0 aliphatic carbocycles. The molecule has 1 rings (SSSR count). The van der Waals surface area contributed by atoms with E-state index in [0.717, 1.165) is 23.9 Å². The summed E-state index contributed by atoms with van der Waals surface area (Å²) in [6, 6.07) is 0. The molecule has 0 bridgehead atoms. The third-order valence-corrected chi connectivity index (χ3v) is 1.90. The third kappa shape index (κ3) is 4.34. The Morgan fingerprint density at radius 1 is 1.50 bits per heavy atom. The van der Waals surface area contributed by atoms with E-state index in [1.807, 2.05) is 26.2 Å². The van der Waals surface area contributed by atoms with E-state index in [9.17, 15) is 0 Å². The predicted octanol–water partition coefficient (Wildman–Crippen LogP) is 3.27. The van der Waals surface area contributed by atoms with Gasteiger partial charge in [0.25, 0.3) is 5.19 Å². The zero-order valence-electron chi connectivity index (χ0n) is 8.26. The minimum atomic E-state index is 0.771. The Kier molecular flexibility index (Phi) is 6.76. The van der Waals surface area contributed by atoms with Crippen LogP contribution in [-0.4, -0.2) is 11.6 Å². The van der Waals surface area contributed by atoms with Gasteiger partial charge in [0, 0.05) is 5.38 Å². The fourth-order valence-corrected chi connectivity index (χ4v) is 1.26. The molecule has 0 radical (unpaired) electrons. The van der Waals surface area contributed by atoms with Crippen molar-refractivity contribution in [1.29, 1.82) is 0 Å². The lowest BCUT2D eigenvalue weighted by Gasteiger charge is -1.96. The van der Waals surface area contributed by atoms with E-state index in [0.29, 0.717) is 0 Å². The smallest absolute Gasteiger partial charge is 0.273 e. The van der Waals surface area contributed by atoms with Crippen molar-refractivity contribution in [1.82, 2.24) is 4.98 Å². The monoisotopic (exact) mass is 187 g/mol. The summed E-state index contributed by atoms with van der Waals surface area (Å²) >= 11 is 1.56. The van der Waals surface area contributed by atoms with Crippen molar-refractivity contribution in [3.8, 4) is 5.19 Å². The van der Waals surface area contributed by atoms with Crippen LogP contribution in [0.15, 0.2) is 5.38 Å². The second kappa shape index (κ2) is 7.10. The second-order valence-corrected chi connectivity index (χ2v) is 2.92. The maximum atomic E-state index is 5.28. The number of thiazole rings is 1. The van der Waals surface area contributed by atoms with Gasteiger partial charge in [-0.3, -0.25) is 0 Å². The van der Waals surface area contributed by atoms with E-state index in [1.165, 1.54) is 0 Å². The normalized spacial score (nSPS) is 8.67. The molecule has 12 heavy (non-hydrogen) atoms. The largest absolute Gasteiger partial charge is 0.470 e. The summed E-state index contributed by atoms with van der Waals surface area (Å²) in [5, 5.41) is 2.78. The van der Waals surface area contributed by atoms with E-state index in [-0.39, 0.29) is 0 Å². The predicted molar refractivity (Wildman–Crippen MR) is 54.0 cm³/mol. The van der Waals surface area contributed by atoms with Crippen LogP contribution in [0.25, 0.3) is 0 Å². The highest BCUT2D eigenvalue weighted by molar-refractivity contribution is 7.11. The van der Waals surface area contributed by atoms with Crippen molar-refractivity contribution >= 4 is 11.3 Å². The Balaban J connectivity index is 0.000000561. The lowest BCUT2D eigenvalue weighted by molar-refractivity contribution is 0.315. The highest BCUT2D eigenvalue weighted by atomic mass is 32.1. The van der Waals surface area contributed by atoms with Crippen LogP contribution in [0.4, 0.5) is 0 Å². The van der Waals surface area contributed by atoms with Crippen LogP contribution in [0.3, 0.4) is 0 Å². The van der Waals surface area contributed by atoms with Gasteiger partial charge >= 0.3 is 0 Å². The number of aromatic nitrogens is 1. The lowest BCUT2D eigenvalue weighted by atomic mass is 10.5. The maximum absolute atomic E-state index is 5.28. The molecule has 0 atom stereocenters. The molecule has 1 aromatic rings. The Bertz CT molecular complexity index is 198. The van der Waals surface area contributed by atoms with Crippen LogP contribution in [0, 0.1) is 6.92 Å². The lowest BCUT2D eigenvalue weighted by Crippen LogP contribution is -1.93. The Hall–Kier alpha value is -0.570. The van der Waals surface area contributed by atoms with Gasteiger partial charge in [0.05, 0.1) is 12.3 Å². The summed E-state index contributed by atoms with van der Waals surface area (Å²) in [6.07, 6.45) is 1.04. The van der Waals surface area contributed by atoms with E-state index < -0.39 is 0 Å². The Morgan fingerprint density at radius 2 is 2.17 bits per heavy atom. The maximum Gasteiger partial charge on any atom is 0.273 e. The zero-order chi connectivity index (χ0) is 9.40. The summed E-state index contributed by atoms with van der Waals surface area (Å²) in [4.78, 5) is 4.14. The standard InChI is InChI=1S/C7H11NOS.C2H6/c1-3-4-9-7-8-6(2)5-10-7;1-2/h5H,3-4H2,1-2H3;1-2H3.